The second-order valence-corrected chi connectivity index (χ2v) is 4.80. The molecule has 2 rings (SSSR count). The fourth-order valence-electron chi connectivity index (χ4n) is 2.42. The van der Waals surface area contributed by atoms with E-state index >= 15 is 0 Å². The Labute approximate surface area is 113 Å². The number of carbonyl (C=O) groups is 1. The van der Waals surface area contributed by atoms with E-state index in [-0.39, 0.29) is 12.0 Å². The van der Waals surface area contributed by atoms with Gasteiger partial charge in [-0.3, -0.25) is 10.6 Å². The van der Waals surface area contributed by atoms with Crippen LogP contribution >= 0.6 is 0 Å². The summed E-state index contributed by atoms with van der Waals surface area (Å²) in [5, 5.41) is 2.97. The third-order valence-electron chi connectivity index (χ3n) is 3.59. The van der Waals surface area contributed by atoms with Crippen LogP contribution in [-0.2, 0) is 4.74 Å². The van der Waals surface area contributed by atoms with E-state index in [1.54, 1.807) is 24.3 Å². The second-order valence-electron chi connectivity index (χ2n) is 4.80. The van der Waals surface area contributed by atoms with Crippen LogP contribution in [0, 0.1) is 5.92 Å². The van der Waals surface area contributed by atoms with E-state index in [9.17, 15) is 4.79 Å². The molecular weight excluding hydrogens is 242 g/mol. The van der Waals surface area contributed by atoms with Gasteiger partial charge in [-0.2, -0.15) is 0 Å². The normalized spacial score (nSPS) is 22.2. The number of anilines is 1. The molecule has 1 heterocycles. The van der Waals surface area contributed by atoms with Crippen molar-refractivity contribution in [3.05, 3.63) is 29.8 Å². The maximum Gasteiger partial charge on any atom is 0.251 e. The van der Waals surface area contributed by atoms with Gasteiger partial charge in [-0.15, -0.1) is 0 Å². The molecule has 0 spiro atoms. The summed E-state index contributed by atoms with van der Waals surface area (Å²) in [6, 6.07) is 7.07. The Morgan fingerprint density at radius 2 is 2.16 bits per heavy atom. The van der Waals surface area contributed by atoms with Crippen LogP contribution in [0.1, 0.15) is 30.1 Å². The highest BCUT2D eigenvalue weighted by Crippen LogP contribution is 2.22. The molecule has 0 bridgehead atoms. The summed E-state index contributed by atoms with van der Waals surface area (Å²) in [7, 11) is 0. The van der Waals surface area contributed by atoms with E-state index in [1.807, 2.05) is 0 Å². The van der Waals surface area contributed by atoms with E-state index in [4.69, 9.17) is 10.6 Å². The monoisotopic (exact) mass is 263 g/mol. The average Bonchev–Trinajstić information content (AvgIpc) is 2.92. The molecular formula is C14H21N3O2. The first-order chi connectivity index (χ1) is 9.24. The van der Waals surface area contributed by atoms with Crippen LogP contribution in [0.3, 0.4) is 0 Å². The van der Waals surface area contributed by atoms with Crippen LogP contribution in [0.4, 0.5) is 5.69 Å². The van der Waals surface area contributed by atoms with Crippen molar-refractivity contribution in [1.82, 2.24) is 5.32 Å². The minimum Gasteiger partial charge on any atom is -0.378 e. The number of nitrogens with two attached hydrogens (primary N) is 1. The zero-order valence-electron chi connectivity index (χ0n) is 11.2. The van der Waals surface area contributed by atoms with Crippen molar-refractivity contribution in [3.8, 4) is 0 Å². The molecule has 0 radical (unpaired) electrons. The lowest BCUT2D eigenvalue weighted by atomic mass is 9.99. The molecule has 1 aromatic carbocycles. The van der Waals surface area contributed by atoms with Crippen molar-refractivity contribution in [3.63, 3.8) is 0 Å². The number of amides is 1. The Balaban J connectivity index is 1.86. The molecule has 2 unspecified atom stereocenters. The van der Waals surface area contributed by atoms with Crippen LogP contribution in [0.15, 0.2) is 24.3 Å². The van der Waals surface area contributed by atoms with Gasteiger partial charge in [-0.25, -0.2) is 0 Å². The maximum absolute atomic E-state index is 12.0. The predicted octanol–water partition coefficient (Wildman–Crippen LogP) is 1.52. The molecule has 4 N–H and O–H groups in total. The topological polar surface area (TPSA) is 76.4 Å². The number of nitrogen functional groups attached to an aromatic ring is 1. The molecule has 0 aliphatic carbocycles. The highest BCUT2D eigenvalue weighted by atomic mass is 16.5. The summed E-state index contributed by atoms with van der Waals surface area (Å²) in [6.45, 7) is 3.59. The van der Waals surface area contributed by atoms with Gasteiger partial charge in [-0.05, 0) is 37.1 Å². The molecule has 5 nitrogen and oxygen atoms in total. The van der Waals surface area contributed by atoms with E-state index in [2.05, 4.69) is 17.7 Å². The van der Waals surface area contributed by atoms with Crippen molar-refractivity contribution in [2.24, 2.45) is 11.8 Å². The fourth-order valence-corrected chi connectivity index (χ4v) is 2.42. The van der Waals surface area contributed by atoms with Gasteiger partial charge >= 0.3 is 0 Å². The largest absolute Gasteiger partial charge is 0.378 e. The van der Waals surface area contributed by atoms with Crippen molar-refractivity contribution in [2.75, 3.05) is 18.6 Å². The summed E-state index contributed by atoms with van der Waals surface area (Å²) in [5.41, 5.74) is 3.96. The van der Waals surface area contributed by atoms with E-state index in [1.165, 1.54) is 0 Å². The maximum atomic E-state index is 12.0. The van der Waals surface area contributed by atoms with Crippen molar-refractivity contribution in [1.29, 1.82) is 0 Å². The van der Waals surface area contributed by atoms with Crippen LogP contribution in [-0.4, -0.2) is 25.2 Å². The highest BCUT2D eigenvalue weighted by molar-refractivity contribution is 5.94. The molecule has 1 saturated heterocycles. The summed E-state index contributed by atoms with van der Waals surface area (Å²) >= 11 is 0. The Morgan fingerprint density at radius 1 is 1.42 bits per heavy atom. The molecule has 19 heavy (non-hydrogen) atoms. The molecule has 1 aliphatic rings. The first-order valence-electron chi connectivity index (χ1n) is 6.71. The quantitative estimate of drug-likeness (QED) is 0.556. The Hall–Kier alpha value is -1.59. The van der Waals surface area contributed by atoms with Gasteiger partial charge < -0.3 is 15.5 Å². The molecule has 104 valence electrons. The van der Waals surface area contributed by atoms with Crippen molar-refractivity contribution >= 4 is 11.6 Å². The lowest BCUT2D eigenvalue weighted by Gasteiger charge is -2.17. The van der Waals surface area contributed by atoms with Crippen LogP contribution in [0.2, 0.25) is 0 Å². The lowest BCUT2D eigenvalue weighted by molar-refractivity contribution is 0.0827. The summed E-state index contributed by atoms with van der Waals surface area (Å²) < 4.78 is 5.61. The second kappa shape index (κ2) is 6.54. The zero-order valence-corrected chi connectivity index (χ0v) is 11.2. The first-order valence-corrected chi connectivity index (χ1v) is 6.71. The summed E-state index contributed by atoms with van der Waals surface area (Å²) in [5.74, 6) is 5.66. The molecule has 2 atom stereocenters. The third kappa shape index (κ3) is 3.45. The van der Waals surface area contributed by atoms with Gasteiger partial charge in [0.1, 0.15) is 0 Å². The number of rotatable bonds is 5. The number of nitrogens with one attached hydrogen (secondary N) is 2. The summed E-state index contributed by atoms with van der Waals surface area (Å²) in [4.78, 5) is 12.0. The molecule has 0 saturated carbocycles. The van der Waals surface area contributed by atoms with Gasteiger partial charge in [0.2, 0.25) is 0 Å². The molecule has 0 aromatic heterocycles. The zero-order chi connectivity index (χ0) is 13.7. The van der Waals surface area contributed by atoms with E-state index < -0.39 is 0 Å². The SMILES string of the molecule is CCC1OCCC1CNC(=O)c1ccc(NN)cc1. The minimum atomic E-state index is -0.0506. The fraction of sp³-hybridized carbons (Fsp3) is 0.500. The van der Waals surface area contributed by atoms with Crippen molar-refractivity contribution in [2.45, 2.75) is 25.9 Å². The molecule has 1 aromatic rings. The first kappa shape index (κ1) is 13.8. The standard InChI is InChI=1S/C14H21N3O2/c1-2-13-11(7-8-19-13)9-16-14(18)10-3-5-12(17-15)6-4-10/h3-6,11,13,17H,2,7-9,15H2,1H3,(H,16,18). The Kier molecular flexibility index (Phi) is 4.76. The third-order valence-corrected chi connectivity index (χ3v) is 3.59. The van der Waals surface area contributed by atoms with Crippen molar-refractivity contribution < 1.29 is 9.53 Å². The van der Waals surface area contributed by atoms with Gasteiger partial charge in [0, 0.05) is 30.3 Å². The number of hydrazine groups is 1. The van der Waals surface area contributed by atoms with Gasteiger partial charge in [0.25, 0.3) is 5.91 Å². The number of hydrogen-bond acceptors (Lipinski definition) is 4. The lowest BCUT2D eigenvalue weighted by Crippen LogP contribution is -2.32. The molecule has 1 aliphatic heterocycles. The predicted molar refractivity (Wildman–Crippen MR) is 74.7 cm³/mol. The molecule has 1 amide bonds. The Bertz CT molecular complexity index is 419. The van der Waals surface area contributed by atoms with Crippen LogP contribution in [0.25, 0.3) is 0 Å². The Morgan fingerprint density at radius 3 is 2.79 bits per heavy atom. The number of ether oxygens (including phenoxy) is 1. The van der Waals surface area contributed by atoms with Gasteiger partial charge in [0.15, 0.2) is 0 Å². The minimum absolute atomic E-state index is 0.0506. The van der Waals surface area contributed by atoms with Gasteiger partial charge in [0.05, 0.1) is 6.10 Å². The molecule has 1 fully saturated rings. The average molecular weight is 263 g/mol. The van der Waals surface area contributed by atoms with Gasteiger partial charge in [-0.1, -0.05) is 6.92 Å². The number of benzene rings is 1. The highest BCUT2D eigenvalue weighted by Gasteiger charge is 2.26. The number of hydrogen-bond donors (Lipinski definition) is 3. The molecule has 5 heteroatoms. The van der Waals surface area contributed by atoms with E-state index in [0.717, 1.165) is 25.1 Å². The number of carbonyl (C=O) groups excluding carboxylic acids is 1. The summed E-state index contributed by atoms with van der Waals surface area (Å²) in [6.07, 6.45) is 2.30. The van der Waals surface area contributed by atoms with Crippen LogP contribution in [0.5, 0.6) is 0 Å². The van der Waals surface area contributed by atoms with Crippen LogP contribution < -0.4 is 16.6 Å². The smallest absolute Gasteiger partial charge is 0.251 e. The van der Waals surface area contributed by atoms with E-state index in [0.29, 0.717) is 18.0 Å².